The van der Waals surface area contributed by atoms with E-state index in [1.165, 1.54) is 0 Å². The van der Waals surface area contributed by atoms with E-state index in [0.717, 1.165) is 27.6 Å². The second-order valence-corrected chi connectivity index (χ2v) is 7.33. The van der Waals surface area contributed by atoms with Crippen LogP contribution in [-0.2, 0) is 11.4 Å². The molecule has 1 unspecified atom stereocenters. The zero-order chi connectivity index (χ0) is 19.3. The molecule has 0 spiro atoms. The summed E-state index contributed by atoms with van der Waals surface area (Å²) in [5.41, 5.74) is 4.64. The number of benzene rings is 2. The van der Waals surface area contributed by atoms with Gasteiger partial charge in [-0.3, -0.25) is 15.0 Å². The zero-order valence-electron chi connectivity index (χ0n) is 15.0. The Morgan fingerprint density at radius 2 is 1.89 bits per heavy atom. The van der Waals surface area contributed by atoms with Crippen LogP contribution in [0.1, 0.15) is 23.7 Å². The lowest BCUT2D eigenvalue weighted by Gasteiger charge is -2.25. The number of aromatic nitrogens is 1. The molecule has 0 bridgehead atoms. The highest BCUT2D eigenvalue weighted by Gasteiger charge is 2.33. The van der Waals surface area contributed by atoms with Crippen molar-refractivity contribution in [3.05, 3.63) is 84.2 Å². The third-order valence-electron chi connectivity index (χ3n) is 4.47. The highest BCUT2D eigenvalue weighted by atomic mass is 32.2. The van der Waals surface area contributed by atoms with E-state index in [9.17, 15) is 4.79 Å². The van der Waals surface area contributed by atoms with Crippen molar-refractivity contribution in [3.63, 3.8) is 0 Å². The molecule has 28 heavy (non-hydrogen) atoms. The smallest absolute Gasteiger partial charge is 0.245 e. The summed E-state index contributed by atoms with van der Waals surface area (Å²) in [6.45, 7) is 0.406. The Kier molecular flexibility index (Phi) is 5.45. The van der Waals surface area contributed by atoms with Crippen LogP contribution < -0.4 is 14.5 Å². The number of ether oxygens (including phenoxy) is 1. The molecule has 3 aromatic rings. The average Bonchev–Trinajstić information content (AvgIpc) is 3.11. The summed E-state index contributed by atoms with van der Waals surface area (Å²) < 4.78 is 7.88. The quantitative estimate of drug-likeness (QED) is 0.373. The van der Waals surface area contributed by atoms with Gasteiger partial charge < -0.3 is 9.04 Å². The molecule has 2 N–H and O–H groups in total. The summed E-state index contributed by atoms with van der Waals surface area (Å²) in [6, 6.07) is 21.3. The van der Waals surface area contributed by atoms with Gasteiger partial charge in [0.2, 0.25) is 5.91 Å². The number of fused-ring (bicyclic) bond motifs is 1. The average molecular weight is 393 g/mol. The monoisotopic (exact) mass is 393 g/mol. The molecule has 2 heterocycles. The molecule has 1 atom stereocenters. The van der Waals surface area contributed by atoms with Gasteiger partial charge in [-0.05, 0) is 60.0 Å². The zero-order valence-corrected chi connectivity index (χ0v) is 15.8. The minimum absolute atomic E-state index is 0.159. The molecular formula is C21H19N3O3S. The lowest BCUT2D eigenvalue weighted by Crippen LogP contribution is -2.26. The number of rotatable bonds is 6. The van der Waals surface area contributed by atoms with E-state index in [4.69, 9.17) is 9.94 Å². The van der Waals surface area contributed by atoms with Crippen LogP contribution in [0.4, 0.5) is 5.69 Å². The molecular weight excluding hydrogens is 374 g/mol. The number of hydroxylamine groups is 1. The minimum atomic E-state index is -0.414. The van der Waals surface area contributed by atoms with Crippen LogP contribution in [0.5, 0.6) is 5.75 Å². The van der Waals surface area contributed by atoms with Crippen molar-refractivity contribution in [2.24, 2.45) is 0 Å². The van der Waals surface area contributed by atoms with Gasteiger partial charge in [0.05, 0.1) is 18.2 Å². The summed E-state index contributed by atoms with van der Waals surface area (Å²) in [4.78, 5) is 17.2. The fourth-order valence-electron chi connectivity index (χ4n) is 3.11. The van der Waals surface area contributed by atoms with Crippen molar-refractivity contribution in [2.75, 3.05) is 4.31 Å². The van der Waals surface area contributed by atoms with Crippen LogP contribution in [-0.4, -0.2) is 16.1 Å². The molecule has 0 saturated heterocycles. The largest absolute Gasteiger partial charge is 0.487 e. The molecule has 7 heteroatoms. The van der Waals surface area contributed by atoms with E-state index in [2.05, 4.69) is 9.29 Å². The summed E-state index contributed by atoms with van der Waals surface area (Å²) in [6.07, 6.45) is 1.91. The maximum absolute atomic E-state index is 11.8. The number of hydrogen-bond acceptors (Lipinski definition) is 6. The molecule has 0 radical (unpaired) electrons. The Balaban J connectivity index is 1.50. The summed E-state index contributed by atoms with van der Waals surface area (Å²) in [5.74, 6) is 0.336. The van der Waals surface area contributed by atoms with Gasteiger partial charge >= 0.3 is 0 Å². The molecule has 1 aromatic heterocycles. The normalized spacial score (nSPS) is 15.2. The summed E-state index contributed by atoms with van der Waals surface area (Å²) in [5, 5.41) is 8.94. The molecule has 0 saturated carbocycles. The first-order valence-corrected chi connectivity index (χ1v) is 9.64. The summed E-state index contributed by atoms with van der Waals surface area (Å²) >= 11 is 1.59. The number of pyridine rings is 1. The van der Waals surface area contributed by atoms with Gasteiger partial charge in [-0.25, -0.2) is 5.48 Å². The van der Waals surface area contributed by atoms with Crippen molar-refractivity contribution < 1.29 is 14.7 Å². The maximum atomic E-state index is 11.8. The van der Waals surface area contributed by atoms with Gasteiger partial charge in [-0.2, -0.15) is 0 Å². The van der Waals surface area contributed by atoms with Crippen LogP contribution in [0.2, 0.25) is 0 Å². The number of amides is 1. The van der Waals surface area contributed by atoms with E-state index < -0.39 is 5.91 Å². The lowest BCUT2D eigenvalue weighted by atomic mass is 10.0. The van der Waals surface area contributed by atoms with E-state index in [1.54, 1.807) is 23.6 Å². The fraction of sp³-hybridized carbons (Fsp3) is 0.143. The van der Waals surface area contributed by atoms with Gasteiger partial charge in [-0.15, -0.1) is 0 Å². The topological polar surface area (TPSA) is 74.7 Å². The molecule has 142 valence electrons. The van der Waals surface area contributed by atoms with Crippen molar-refractivity contribution in [2.45, 2.75) is 24.0 Å². The van der Waals surface area contributed by atoms with Crippen LogP contribution in [0.15, 0.2) is 77.8 Å². The predicted octanol–water partition coefficient (Wildman–Crippen LogP) is 4.12. The molecule has 0 fully saturated rings. The van der Waals surface area contributed by atoms with Gasteiger partial charge in [0.1, 0.15) is 12.4 Å². The number of carbonyl (C=O) groups is 1. The van der Waals surface area contributed by atoms with Crippen molar-refractivity contribution in [1.82, 2.24) is 10.5 Å². The molecule has 6 nitrogen and oxygen atoms in total. The van der Waals surface area contributed by atoms with E-state index in [1.807, 2.05) is 66.7 Å². The third-order valence-corrected chi connectivity index (χ3v) is 5.70. The van der Waals surface area contributed by atoms with Gasteiger partial charge in [0.25, 0.3) is 0 Å². The Labute approximate surface area is 167 Å². The second kappa shape index (κ2) is 8.33. The Morgan fingerprint density at radius 1 is 1.11 bits per heavy atom. The van der Waals surface area contributed by atoms with Crippen molar-refractivity contribution in [1.29, 1.82) is 0 Å². The van der Waals surface area contributed by atoms with E-state index in [-0.39, 0.29) is 12.5 Å². The molecule has 2 aromatic carbocycles. The van der Waals surface area contributed by atoms with E-state index in [0.29, 0.717) is 6.61 Å². The fourth-order valence-corrected chi connectivity index (χ4v) is 4.31. The number of carbonyl (C=O) groups excluding carboxylic acids is 1. The number of anilines is 1. The first kappa shape index (κ1) is 18.3. The minimum Gasteiger partial charge on any atom is -0.487 e. The highest BCUT2D eigenvalue weighted by molar-refractivity contribution is 8.01. The first-order valence-electron chi connectivity index (χ1n) is 8.86. The van der Waals surface area contributed by atoms with Crippen LogP contribution in [0, 0.1) is 0 Å². The van der Waals surface area contributed by atoms with Crippen LogP contribution >= 0.6 is 11.9 Å². The van der Waals surface area contributed by atoms with Crippen LogP contribution in [0.25, 0.3) is 0 Å². The Bertz CT molecular complexity index is 951. The molecule has 1 amide bonds. The number of nitrogens with zero attached hydrogens (tertiary/aromatic N) is 2. The lowest BCUT2D eigenvalue weighted by molar-refractivity contribution is -0.129. The maximum Gasteiger partial charge on any atom is 0.245 e. The number of hydrogen-bond donors (Lipinski definition) is 2. The van der Waals surface area contributed by atoms with Gasteiger partial charge in [0, 0.05) is 16.8 Å². The molecule has 4 rings (SSSR count). The van der Waals surface area contributed by atoms with Crippen molar-refractivity contribution in [3.8, 4) is 5.75 Å². The van der Waals surface area contributed by atoms with Gasteiger partial charge in [0.15, 0.2) is 0 Å². The van der Waals surface area contributed by atoms with Gasteiger partial charge in [-0.1, -0.05) is 24.3 Å². The standard InChI is InChI=1S/C21H19N3O3S/c25-21(23-26)13-19-18-6-1-2-7-20(18)28-24(19)16-8-10-17(11-9-16)27-14-15-5-3-4-12-22-15/h1-12,19,26H,13-14H2,(H,23,25). The molecule has 0 aliphatic carbocycles. The van der Waals surface area contributed by atoms with Crippen molar-refractivity contribution >= 4 is 23.5 Å². The van der Waals surface area contributed by atoms with Crippen LogP contribution in [0.3, 0.4) is 0 Å². The highest BCUT2D eigenvalue weighted by Crippen LogP contribution is 2.48. The molecule has 1 aliphatic heterocycles. The Morgan fingerprint density at radius 3 is 2.64 bits per heavy atom. The molecule has 1 aliphatic rings. The Hall–Kier alpha value is -3.03. The predicted molar refractivity (Wildman–Crippen MR) is 107 cm³/mol. The van der Waals surface area contributed by atoms with E-state index >= 15 is 0 Å². The second-order valence-electron chi connectivity index (χ2n) is 6.31. The number of nitrogens with one attached hydrogen (secondary N) is 1. The summed E-state index contributed by atoms with van der Waals surface area (Å²) in [7, 11) is 0. The SMILES string of the molecule is O=C(CC1c2ccccc2SN1c1ccc(OCc2ccccn2)cc1)NO. The first-order chi connectivity index (χ1) is 13.7. The third kappa shape index (κ3) is 3.95.